The summed E-state index contributed by atoms with van der Waals surface area (Å²) in [5.41, 5.74) is 1.12. The zero-order valence-electron chi connectivity index (χ0n) is 14.0. The van der Waals surface area contributed by atoms with Crippen LogP contribution in [0, 0.1) is 0 Å². The minimum Gasteiger partial charge on any atom is -0.454 e. The van der Waals surface area contributed by atoms with Gasteiger partial charge in [0.05, 0.1) is 4.90 Å². The van der Waals surface area contributed by atoms with Gasteiger partial charge in [-0.05, 0) is 43.2 Å². The zero-order chi connectivity index (χ0) is 19.3. The van der Waals surface area contributed by atoms with Crippen LogP contribution in [0.1, 0.15) is 29.3 Å². The van der Waals surface area contributed by atoms with E-state index in [1.165, 1.54) is 25.1 Å². The Hall–Kier alpha value is -2.22. The number of ether oxygens (including phenoxy) is 1. The fourth-order valence-corrected chi connectivity index (χ4v) is 2.98. The smallest absolute Gasteiger partial charge is 0.306 e. The van der Waals surface area contributed by atoms with Crippen LogP contribution >= 0.6 is 11.6 Å². The van der Waals surface area contributed by atoms with Crippen LogP contribution in [0.4, 0.5) is 0 Å². The van der Waals surface area contributed by atoms with Crippen LogP contribution in [0.25, 0.3) is 0 Å². The lowest BCUT2D eigenvalue weighted by Gasteiger charge is -2.12. The Balaban J connectivity index is 1.89. The molecule has 0 aliphatic rings. The van der Waals surface area contributed by atoms with Gasteiger partial charge in [0.25, 0.3) is 0 Å². The van der Waals surface area contributed by atoms with E-state index in [1.54, 1.807) is 30.3 Å². The number of aryl methyl sites for hydroxylation is 1. The normalized spacial score (nSPS) is 12.4. The lowest BCUT2D eigenvalue weighted by molar-refractivity contribution is -0.146. The first-order valence-electron chi connectivity index (χ1n) is 7.78. The molecule has 26 heavy (non-hydrogen) atoms. The third-order valence-corrected chi connectivity index (χ3v) is 4.82. The van der Waals surface area contributed by atoms with Gasteiger partial charge in [-0.2, -0.15) is 0 Å². The summed E-state index contributed by atoms with van der Waals surface area (Å²) in [5.74, 6) is -0.859. The molecule has 0 aliphatic carbocycles. The predicted octanol–water partition coefficient (Wildman–Crippen LogP) is 2.73. The quantitative estimate of drug-likeness (QED) is 0.573. The van der Waals surface area contributed by atoms with E-state index in [4.69, 9.17) is 21.5 Å². The van der Waals surface area contributed by atoms with Gasteiger partial charge in [-0.1, -0.05) is 35.9 Å². The van der Waals surface area contributed by atoms with Gasteiger partial charge in [0.2, 0.25) is 15.8 Å². The number of carbonyl (C=O) groups excluding carboxylic acids is 2. The Bertz CT molecular complexity index is 909. The summed E-state index contributed by atoms with van der Waals surface area (Å²) in [6.45, 7) is 1.50. The monoisotopic (exact) mass is 395 g/mol. The van der Waals surface area contributed by atoms with Crippen molar-refractivity contribution in [2.45, 2.75) is 30.8 Å². The lowest BCUT2D eigenvalue weighted by Crippen LogP contribution is -2.24. The van der Waals surface area contributed by atoms with E-state index in [-0.39, 0.29) is 17.1 Å². The van der Waals surface area contributed by atoms with Crippen molar-refractivity contribution >= 4 is 33.4 Å². The fourth-order valence-electron chi connectivity index (χ4n) is 2.28. The van der Waals surface area contributed by atoms with Gasteiger partial charge in [-0.15, -0.1) is 0 Å². The van der Waals surface area contributed by atoms with Crippen molar-refractivity contribution in [3.63, 3.8) is 0 Å². The van der Waals surface area contributed by atoms with Crippen molar-refractivity contribution in [2.75, 3.05) is 0 Å². The molecule has 0 heterocycles. The summed E-state index contributed by atoms with van der Waals surface area (Å²) in [4.78, 5) is 24.2. The van der Waals surface area contributed by atoms with Crippen molar-refractivity contribution in [2.24, 2.45) is 5.14 Å². The van der Waals surface area contributed by atoms with Gasteiger partial charge in [-0.25, -0.2) is 13.6 Å². The number of hydrogen-bond donors (Lipinski definition) is 1. The molecule has 0 saturated heterocycles. The second-order valence-electron chi connectivity index (χ2n) is 5.70. The molecule has 2 aromatic carbocycles. The van der Waals surface area contributed by atoms with Crippen LogP contribution in [0.3, 0.4) is 0 Å². The molecule has 0 amide bonds. The number of esters is 1. The third-order valence-electron chi connectivity index (χ3n) is 3.66. The summed E-state index contributed by atoms with van der Waals surface area (Å²) < 4.78 is 27.6. The first kappa shape index (κ1) is 20.1. The molecule has 0 saturated carbocycles. The summed E-state index contributed by atoms with van der Waals surface area (Å²) >= 11 is 5.85. The molecule has 0 aromatic heterocycles. The maximum atomic E-state index is 12.2. The topological polar surface area (TPSA) is 104 Å². The van der Waals surface area contributed by atoms with Crippen LogP contribution in [-0.2, 0) is 26.0 Å². The van der Waals surface area contributed by atoms with Crippen LogP contribution in [0.5, 0.6) is 0 Å². The Morgan fingerprint density at radius 2 is 1.81 bits per heavy atom. The number of ketones is 1. The maximum Gasteiger partial charge on any atom is 0.306 e. The molecule has 0 unspecified atom stereocenters. The van der Waals surface area contributed by atoms with Crippen molar-refractivity contribution < 1.29 is 22.7 Å². The molecular weight excluding hydrogens is 378 g/mol. The number of nitrogens with two attached hydrogens (primary N) is 1. The number of sulfonamides is 1. The highest BCUT2D eigenvalue weighted by Gasteiger charge is 2.19. The van der Waals surface area contributed by atoms with Gasteiger partial charge in [0, 0.05) is 17.0 Å². The minimum absolute atomic E-state index is 0.00423. The van der Waals surface area contributed by atoms with Gasteiger partial charge >= 0.3 is 5.97 Å². The highest BCUT2D eigenvalue weighted by molar-refractivity contribution is 7.89. The van der Waals surface area contributed by atoms with Gasteiger partial charge in [-0.3, -0.25) is 9.59 Å². The number of halogens is 1. The molecule has 0 spiro atoms. The van der Waals surface area contributed by atoms with E-state index >= 15 is 0 Å². The Morgan fingerprint density at radius 1 is 1.15 bits per heavy atom. The molecule has 0 bridgehead atoms. The lowest BCUT2D eigenvalue weighted by atomic mass is 10.1. The summed E-state index contributed by atoms with van der Waals surface area (Å²) in [6, 6.07) is 12.3. The van der Waals surface area contributed by atoms with Gasteiger partial charge < -0.3 is 4.74 Å². The molecular formula is C18H18ClNO5S. The van der Waals surface area contributed by atoms with E-state index < -0.39 is 22.1 Å². The largest absolute Gasteiger partial charge is 0.454 e. The number of carbonyl (C=O) groups is 2. The number of benzene rings is 2. The molecule has 6 nitrogen and oxygen atoms in total. The first-order valence-corrected chi connectivity index (χ1v) is 9.70. The van der Waals surface area contributed by atoms with Gasteiger partial charge in [0.1, 0.15) is 0 Å². The van der Waals surface area contributed by atoms with Crippen molar-refractivity contribution in [1.82, 2.24) is 0 Å². The highest BCUT2D eigenvalue weighted by Crippen LogP contribution is 2.15. The standard InChI is InChI=1S/C18H18ClNO5S/c1-12(18(22)14-3-2-4-15(19)11-14)25-17(21)10-7-13-5-8-16(9-6-13)26(20,23)24/h2-6,8-9,11-12H,7,10H2,1H3,(H2,20,23,24)/t12-/m0/s1. The van der Waals surface area contributed by atoms with Crippen molar-refractivity contribution in [3.05, 3.63) is 64.7 Å². The van der Waals surface area contributed by atoms with E-state index in [2.05, 4.69) is 0 Å². The maximum absolute atomic E-state index is 12.2. The molecule has 1 atom stereocenters. The second kappa shape index (κ2) is 8.44. The molecule has 2 aromatic rings. The van der Waals surface area contributed by atoms with Crippen LogP contribution in [0.15, 0.2) is 53.4 Å². The Kier molecular flexibility index (Phi) is 6.52. The van der Waals surface area contributed by atoms with Gasteiger partial charge in [0.15, 0.2) is 6.10 Å². The first-order chi connectivity index (χ1) is 12.2. The molecule has 2 N–H and O–H groups in total. The number of hydrogen-bond acceptors (Lipinski definition) is 5. The molecule has 2 rings (SSSR count). The van der Waals surface area contributed by atoms with Crippen molar-refractivity contribution in [1.29, 1.82) is 0 Å². The van der Waals surface area contributed by atoms with Crippen molar-refractivity contribution in [3.8, 4) is 0 Å². The molecule has 138 valence electrons. The van der Waals surface area contributed by atoms with E-state index in [9.17, 15) is 18.0 Å². The highest BCUT2D eigenvalue weighted by atomic mass is 35.5. The molecule has 0 fully saturated rings. The predicted molar refractivity (Wildman–Crippen MR) is 97.5 cm³/mol. The summed E-state index contributed by atoms with van der Waals surface area (Å²) in [7, 11) is -3.74. The second-order valence-corrected chi connectivity index (χ2v) is 7.69. The molecule has 8 heteroatoms. The van der Waals surface area contributed by atoms with Crippen LogP contribution < -0.4 is 5.14 Å². The summed E-state index contributed by atoms with van der Waals surface area (Å²) in [5, 5.41) is 5.46. The zero-order valence-corrected chi connectivity index (χ0v) is 15.6. The number of primary sulfonamides is 1. The van der Waals surface area contributed by atoms with E-state index in [1.807, 2.05) is 0 Å². The Morgan fingerprint density at radius 3 is 2.38 bits per heavy atom. The van der Waals surface area contributed by atoms with E-state index in [0.717, 1.165) is 5.56 Å². The van der Waals surface area contributed by atoms with Crippen LogP contribution in [0.2, 0.25) is 5.02 Å². The van der Waals surface area contributed by atoms with E-state index in [0.29, 0.717) is 17.0 Å². The number of rotatable bonds is 7. The third kappa shape index (κ3) is 5.66. The fraction of sp³-hybridized carbons (Fsp3) is 0.222. The minimum atomic E-state index is -3.74. The SMILES string of the molecule is C[C@H](OC(=O)CCc1ccc(S(N)(=O)=O)cc1)C(=O)c1cccc(Cl)c1. The Labute approximate surface area is 157 Å². The average Bonchev–Trinajstić information content (AvgIpc) is 2.59. The number of Topliss-reactive ketones (excluding diaryl/α,β-unsaturated/α-hetero) is 1. The molecule has 0 radical (unpaired) electrons. The molecule has 0 aliphatic heterocycles. The van der Waals surface area contributed by atoms with Crippen LogP contribution in [-0.4, -0.2) is 26.3 Å². The average molecular weight is 396 g/mol. The summed E-state index contributed by atoms with van der Waals surface area (Å²) in [6.07, 6.45) is -0.519.